The largest absolute Gasteiger partial charge is 0.487 e. The molecule has 4 rings (SSSR count). The van der Waals surface area contributed by atoms with Crippen LogP contribution in [0.5, 0.6) is 5.75 Å². The SMILES string of the molecule is Cc1ccc2cccc(OCc3c(Cl)ccc(C(C)CC(=O)Nc4cccc(N)c4)c3Cl)c2n1. The van der Waals surface area contributed by atoms with Crippen molar-refractivity contribution >= 4 is 51.4 Å². The number of nitrogens with zero attached hydrogens (tertiary/aromatic N) is 1. The number of carbonyl (C=O) groups excluding carboxylic acids is 1. The number of aromatic nitrogens is 1. The van der Waals surface area contributed by atoms with Gasteiger partial charge >= 0.3 is 0 Å². The fourth-order valence-electron chi connectivity index (χ4n) is 3.83. The number of anilines is 2. The van der Waals surface area contributed by atoms with Crippen LogP contribution in [-0.2, 0) is 11.4 Å². The van der Waals surface area contributed by atoms with Gasteiger partial charge in [-0.05, 0) is 54.8 Å². The predicted molar refractivity (Wildman–Crippen MR) is 140 cm³/mol. The second-order valence-electron chi connectivity index (χ2n) is 8.28. The zero-order chi connectivity index (χ0) is 24.2. The van der Waals surface area contributed by atoms with Crippen molar-refractivity contribution in [1.82, 2.24) is 4.98 Å². The van der Waals surface area contributed by atoms with Crippen LogP contribution in [0.1, 0.15) is 36.1 Å². The molecule has 7 heteroatoms. The lowest BCUT2D eigenvalue weighted by Crippen LogP contribution is -2.15. The molecule has 34 heavy (non-hydrogen) atoms. The Morgan fingerprint density at radius 1 is 1.09 bits per heavy atom. The van der Waals surface area contributed by atoms with Gasteiger partial charge in [0.1, 0.15) is 17.9 Å². The summed E-state index contributed by atoms with van der Waals surface area (Å²) < 4.78 is 6.11. The van der Waals surface area contributed by atoms with Gasteiger partial charge in [-0.25, -0.2) is 4.98 Å². The number of nitrogen functional groups attached to an aromatic ring is 1. The van der Waals surface area contributed by atoms with Gasteiger partial charge in [0.05, 0.1) is 5.02 Å². The minimum absolute atomic E-state index is 0.126. The Kier molecular flexibility index (Phi) is 7.25. The molecule has 0 bridgehead atoms. The van der Waals surface area contributed by atoms with Crippen LogP contribution in [0.2, 0.25) is 10.0 Å². The van der Waals surface area contributed by atoms with E-state index in [2.05, 4.69) is 10.3 Å². The highest BCUT2D eigenvalue weighted by Gasteiger charge is 2.19. The topological polar surface area (TPSA) is 77.2 Å². The van der Waals surface area contributed by atoms with E-state index in [-0.39, 0.29) is 24.9 Å². The Hall–Kier alpha value is -3.28. The van der Waals surface area contributed by atoms with E-state index in [0.717, 1.165) is 22.2 Å². The van der Waals surface area contributed by atoms with Gasteiger partial charge in [0.25, 0.3) is 0 Å². The van der Waals surface area contributed by atoms with Gasteiger partial charge in [0, 0.05) is 39.5 Å². The average molecular weight is 494 g/mol. The minimum atomic E-state index is -0.133. The van der Waals surface area contributed by atoms with Crippen molar-refractivity contribution in [2.24, 2.45) is 0 Å². The molecule has 5 nitrogen and oxygen atoms in total. The third kappa shape index (κ3) is 5.44. The van der Waals surface area contributed by atoms with Gasteiger partial charge in [-0.2, -0.15) is 0 Å². The molecular formula is C27H25Cl2N3O2. The molecule has 0 fully saturated rings. The first-order chi connectivity index (χ1) is 16.3. The summed E-state index contributed by atoms with van der Waals surface area (Å²) in [4.78, 5) is 17.2. The fourth-order valence-corrected chi connectivity index (χ4v) is 4.50. The molecule has 3 aromatic carbocycles. The van der Waals surface area contributed by atoms with Crippen molar-refractivity contribution < 1.29 is 9.53 Å². The van der Waals surface area contributed by atoms with E-state index in [1.807, 2.05) is 50.2 Å². The smallest absolute Gasteiger partial charge is 0.224 e. The van der Waals surface area contributed by atoms with Crippen molar-refractivity contribution in [2.45, 2.75) is 32.8 Å². The van der Waals surface area contributed by atoms with Crippen LogP contribution in [0.4, 0.5) is 11.4 Å². The molecule has 0 radical (unpaired) electrons. The number of ether oxygens (including phenoxy) is 1. The van der Waals surface area contributed by atoms with Crippen molar-refractivity contribution in [1.29, 1.82) is 0 Å². The highest BCUT2D eigenvalue weighted by Crippen LogP contribution is 2.35. The van der Waals surface area contributed by atoms with Crippen LogP contribution >= 0.6 is 23.2 Å². The number of aryl methyl sites for hydroxylation is 1. The third-order valence-electron chi connectivity index (χ3n) is 5.60. The summed E-state index contributed by atoms with van der Waals surface area (Å²) in [6.07, 6.45) is 0.253. The Bertz CT molecular complexity index is 1360. The molecular weight excluding hydrogens is 469 g/mol. The lowest BCUT2D eigenvalue weighted by molar-refractivity contribution is -0.116. The first kappa shape index (κ1) is 23.9. The van der Waals surface area contributed by atoms with E-state index in [1.165, 1.54) is 0 Å². The zero-order valence-electron chi connectivity index (χ0n) is 18.9. The number of hydrogen-bond donors (Lipinski definition) is 2. The minimum Gasteiger partial charge on any atom is -0.487 e. The first-order valence-electron chi connectivity index (χ1n) is 10.9. The molecule has 1 aromatic heterocycles. The number of hydrogen-bond acceptors (Lipinski definition) is 4. The Morgan fingerprint density at radius 2 is 1.88 bits per heavy atom. The number of para-hydroxylation sites is 1. The molecule has 1 amide bonds. The molecule has 1 atom stereocenters. The number of amides is 1. The van der Waals surface area contributed by atoms with E-state index in [0.29, 0.717) is 32.7 Å². The number of nitrogens with one attached hydrogen (secondary N) is 1. The van der Waals surface area contributed by atoms with E-state index in [4.69, 9.17) is 33.7 Å². The highest BCUT2D eigenvalue weighted by molar-refractivity contribution is 6.36. The molecule has 0 aliphatic carbocycles. The summed E-state index contributed by atoms with van der Waals surface area (Å²) in [5.41, 5.74) is 10.2. The van der Waals surface area contributed by atoms with Crippen LogP contribution < -0.4 is 15.8 Å². The number of nitrogens with two attached hydrogens (primary N) is 1. The number of halogens is 2. The van der Waals surface area contributed by atoms with Gasteiger partial charge in [-0.1, -0.05) is 60.5 Å². The van der Waals surface area contributed by atoms with Gasteiger partial charge in [0.2, 0.25) is 5.91 Å². The molecule has 0 saturated heterocycles. The Balaban J connectivity index is 1.50. The summed E-state index contributed by atoms with van der Waals surface area (Å²) in [5.74, 6) is 0.402. The summed E-state index contributed by atoms with van der Waals surface area (Å²) in [7, 11) is 0. The van der Waals surface area contributed by atoms with Crippen LogP contribution in [0.3, 0.4) is 0 Å². The Labute approximate surface area is 208 Å². The zero-order valence-corrected chi connectivity index (χ0v) is 20.5. The second-order valence-corrected chi connectivity index (χ2v) is 9.06. The fraction of sp³-hybridized carbons (Fsp3) is 0.185. The quantitative estimate of drug-likeness (QED) is 0.268. The first-order valence-corrected chi connectivity index (χ1v) is 11.7. The van der Waals surface area contributed by atoms with Gasteiger partial charge in [0.15, 0.2) is 0 Å². The number of rotatable bonds is 7. The highest BCUT2D eigenvalue weighted by atomic mass is 35.5. The standard InChI is InChI=1S/C27H25Cl2N3O2/c1-16(13-25(33)32-20-7-4-6-19(30)14-20)21-11-12-23(28)22(26(21)29)15-34-24-8-3-5-18-10-9-17(2)31-27(18)24/h3-12,14,16H,13,15,30H2,1-2H3,(H,32,33). The van der Waals surface area contributed by atoms with E-state index >= 15 is 0 Å². The van der Waals surface area contributed by atoms with Crippen LogP contribution in [0.15, 0.2) is 66.7 Å². The van der Waals surface area contributed by atoms with Crippen LogP contribution in [0, 0.1) is 6.92 Å². The molecule has 0 aliphatic heterocycles. The number of pyridine rings is 1. The van der Waals surface area contributed by atoms with Crippen molar-refractivity contribution in [2.75, 3.05) is 11.1 Å². The number of benzene rings is 3. The summed E-state index contributed by atoms with van der Waals surface area (Å²) in [6.45, 7) is 4.08. The van der Waals surface area contributed by atoms with Gasteiger partial charge in [-0.15, -0.1) is 0 Å². The maximum absolute atomic E-state index is 12.6. The average Bonchev–Trinajstić information content (AvgIpc) is 2.79. The summed E-state index contributed by atoms with van der Waals surface area (Å²) in [6, 6.07) is 20.5. The monoisotopic (exact) mass is 493 g/mol. The molecule has 4 aromatic rings. The molecule has 174 valence electrons. The van der Waals surface area contributed by atoms with Crippen molar-refractivity contribution in [3.8, 4) is 5.75 Å². The lowest BCUT2D eigenvalue weighted by Gasteiger charge is -2.18. The van der Waals surface area contributed by atoms with Crippen LogP contribution in [0.25, 0.3) is 10.9 Å². The van der Waals surface area contributed by atoms with Crippen LogP contribution in [-0.4, -0.2) is 10.9 Å². The van der Waals surface area contributed by atoms with E-state index in [9.17, 15) is 4.79 Å². The van der Waals surface area contributed by atoms with Crippen molar-refractivity contribution in [3.05, 3.63) is 93.6 Å². The molecule has 3 N–H and O–H groups in total. The molecule has 0 spiro atoms. The number of carbonyl (C=O) groups is 1. The molecule has 0 saturated carbocycles. The maximum Gasteiger partial charge on any atom is 0.224 e. The van der Waals surface area contributed by atoms with Gasteiger partial charge < -0.3 is 15.8 Å². The predicted octanol–water partition coefficient (Wildman–Crippen LogP) is 7.14. The lowest BCUT2D eigenvalue weighted by atomic mass is 9.95. The normalized spacial score (nSPS) is 11.9. The third-order valence-corrected chi connectivity index (χ3v) is 6.40. The summed E-state index contributed by atoms with van der Waals surface area (Å²) in [5, 5.41) is 4.88. The van der Waals surface area contributed by atoms with E-state index in [1.54, 1.807) is 30.3 Å². The molecule has 0 aliphatic rings. The van der Waals surface area contributed by atoms with Crippen molar-refractivity contribution in [3.63, 3.8) is 0 Å². The number of fused-ring (bicyclic) bond motifs is 1. The maximum atomic E-state index is 12.6. The van der Waals surface area contributed by atoms with E-state index < -0.39 is 0 Å². The second kappa shape index (κ2) is 10.3. The Morgan fingerprint density at radius 3 is 2.68 bits per heavy atom. The summed E-state index contributed by atoms with van der Waals surface area (Å²) >= 11 is 13.2. The molecule has 1 heterocycles. The molecule has 1 unspecified atom stereocenters. The van der Waals surface area contributed by atoms with Gasteiger partial charge in [-0.3, -0.25) is 4.79 Å².